The highest BCUT2D eigenvalue weighted by atomic mass is 19.1. The summed E-state index contributed by atoms with van der Waals surface area (Å²) in [7, 11) is 0. The largest absolute Gasteiger partial charge is 0.313 e. The first-order valence-electron chi connectivity index (χ1n) is 6.37. The number of rotatable bonds is 1. The second-order valence-corrected chi connectivity index (χ2v) is 5.00. The van der Waals surface area contributed by atoms with Gasteiger partial charge >= 0.3 is 0 Å². The van der Waals surface area contributed by atoms with Crippen LogP contribution in [0.4, 0.5) is 4.39 Å². The summed E-state index contributed by atoms with van der Waals surface area (Å²) < 4.78 is 12.8. The van der Waals surface area contributed by atoms with Crippen LogP contribution in [0, 0.1) is 11.9 Å². The number of allylic oxidation sites excluding steroid dienone is 1. The van der Waals surface area contributed by atoms with Gasteiger partial charge in [0.05, 0.1) is 0 Å². The number of halogens is 1. The van der Waals surface area contributed by atoms with Crippen molar-refractivity contribution in [3.63, 3.8) is 0 Å². The Morgan fingerprint density at radius 2 is 2.29 bits per heavy atom. The van der Waals surface area contributed by atoms with Crippen molar-refractivity contribution < 1.29 is 4.39 Å². The molecule has 1 aromatic heterocycles. The van der Waals surface area contributed by atoms with Crippen LogP contribution in [0.1, 0.15) is 31.2 Å². The van der Waals surface area contributed by atoms with Crippen LogP contribution in [0.3, 0.4) is 0 Å². The molecule has 0 aromatic carbocycles. The third kappa shape index (κ3) is 2.25. The van der Waals surface area contributed by atoms with Crippen molar-refractivity contribution in [2.45, 2.75) is 31.7 Å². The van der Waals surface area contributed by atoms with Crippen molar-refractivity contribution in [2.75, 3.05) is 6.54 Å². The average molecular weight is 232 g/mol. The van der Waals surface area contributed by atoms with Gasteiger partial charge in [-0.1, -0.05) is 6.08 Å². The Labute approximate surface area is 101 Å². The van der Waals surface area contributed by atoms with E-state index in [0.717, 1.165) is 30.9 Å². The molecule has 2 atom stereocenters. The molecule has 0 radical (unpaired) electrons. The summed E-state index contributed by atoms with van der Waals surface area (Å²) in [5, 5.41) is 3.60. The molecule has 2 aliphatic rings. The van der Waals surface area contributed by atoms with Crippen LogP contribution < -0.4 is 5.32 Å². The molecule has 0 spiro atoms. The van der Waals surface area contributed by atoms with Crippen LogP contribution in [0.15, 0.2) is 24.4 Å². The predicted molar refractivity (Wildman–Crippen MR) is 65.9 cm³/mol. The van der Waals surface area contributed by atoms with Crippen LogP contribution in [0.5, 0.6) is 0 Å². The summed E-state index contributed by atoms with van der Waals surface area (Å²) in [5.74, 6) is 0.389. The third-order valence-corrected chi connectivity index (χ3v) is 3.93. The van der Waals surface area contributed by atoms with Gasteiger partial charge in [0.25, 0.3) is 0 Å². The number of hydrogen-bond donors (Lipinski definition) is 1. The zero-order chi connectivity index (χ0) is 11.7. The van der Waals surface area contributed by atoms with E-state index in [2.05, 4.69) is 16.4 Å². The molecular formula is C14H17FN2. The molecule has 0 amide bonds. The molecule has 90 valence electrons. The molecule has 2 heterocycles. The van der Waals surface area contributed by atoms with Crippen LogP contribution >= 0.6 is 0 Å². The first kappa shape index (κ1) is 10.9. The van der Waals surface area contributed by atoms with E-state index in [1.807, 2.05) is 6.07 Å². The van der Waals surface area contributed by atoms with Gasteiger partial charge < -0.3 is 5.32 Å². The minimum atomic E-state index is -0.404. The fourth-order valence-electron chi connectivity index (χ4n) is 2.96. The molecule has 3 heteroatoms. The minimum Gasteiger partial charge on any atom is -0.313 e. The molecule has 1 aliphatic heterocycles. The summed E-state index contributed by atoms with van der Waals surface area (Å²) in [6.45, 7) is 1.14. The van der Waals surface area contributed by atoms with Crippen molar-refractivity contribution in [3.05, 3.63) is 35.9 Å². The lowest BCUT2D eigenvalue weighted by atomic mass is 9.78. The van der Waals surface area contributed by atoms with Crippen molar-refractivity contribution in [2.24, 2.45) is 5.92 Å². The third-order valence-electron chi connectivity index (χ3n) is 3.93. The number of fused-ring (bicyclic) bond motifs is 1. The van der Waals surface area contributed by atoms with Crippen molar-refractivity contribution in [1.29, 1.82) is 0 Å². The Hall–Kier alpha value is -1.22. The molecule has 3 rings (SSSR count). The van der Waals surface area contributed by atoms with Gasteiger partial charge in [-0.05, 0) is 61.4 Å². The number of pyridine rings is 1. The second kappa shape index (κ2) is 4.57. The topological polar surface area (TPSA) is 24.9 Å². The first-order chi connectivity index (χ1) is 8.33. The Morgan fingerprint density at radius 3 is 3.12 bits per heavy atom. The van der Waals surface area contributed by atoms with Gasteiger partial charge in [-0.15, -0.1) is 0 Å². The molecule has 1 N–H and O–H groups in total. The Bertz CT molecular complexity index is 424. The van der Waals surface area contributed by atoms with Gasteiger partial charge in [0.1, 0.15) is 0 Å². The molecule has 0 bridgehead atoms. The number of hydrogen-bond acceptors (Lipinski definition) is 2. The highest BCUT2D eigenvalue weighted by molar-refractivity contribution is 5.66. The second-order valence-electron chi connectivity index (χ2n) is 5.00. The minimum absolute atomic E-state index is 0.404. The van der Waals surface area contributed by atoms with E-state index >= 15 is 0 Å². The van der Waals surface area contributed by atoms with E-state index in [4.69, 9.17) is 0 Å². The van der Waals surface area contributed by atoms with E-state index in [-0.39, 0.29) is 0 Å². The van der Waals surface area contributed by atoms with Crippen LogP contribution in [0.25, 0.3) is 5.57 Å². The molecular weight excluding hydrogens is 215 g/mol. The maximum atomic E-state index is 12.8. The molecule has 1 aromatic rings. The van der Waals surface area contributed by atoms with E-state index < -0.39 is 5.95 Å². The molecule has 1 saturated heterocycles. The molecule has 2 unspecified atom stereocenters. The van der Waals surface area contributed by atoms with E-state index in [1.54, 1.807) is 6.20 Å². The van der Waals surface area contributed by atoms with Gasteiger partial charge in [-0.2, -0.15) is 4.39 Å². The molecule has 1 aliphatic carbocycles. The lowest BCUT2D eigenvalue weighted by molar-refractivity contribution is 0.278. The van der Waals surface area contributed by atoms with Crippen LogP contribution in [-0.2, 0) is 0 Å². The summed E-state index contributed by atoms with van der Waals surface area (Å²) >= 11 is 0. The zero-order valence-corrected chi connectivity index (χ0v) is 9.82. The van der Waals surface area contributed by atoms with Crippen LogP contribution in [0.2, 0.25) is 0 Å². The fourth-order valence-corrected chi connectivity index (χ4v) is 2.96. The molecule has 2 nitrogen and oxygen atoms in total. The summed E-state index contributed by atoms with van der Waals surface area (Å²) in [4.78, 5) is 3.73. The summed E-state index contributed by atoms with van der Waals surface area (Å²) in [6, 6.07) is 3.88. The maximum absolute atomic E-state index is 12.8. The average Bonchev–Trinajstić information content (AvgIpc) is 2.39. The molecule has 17 heavy (non-hydrogen) atoms. The fraction of sp³-hybridized carbons (Fsp3) is 0.500. The van der Waals surface area contributed by atoms with Crippen molar-refractivity contribution >= 4 is 5.57 Å². The Balaban J connectivity index is 1.80. The Kier molecular flexibility index (Phi) is 2.93. The zero-order valence-electron chi connectivity index (χ0n) is 9.82. The lowest BCUT2D eigenvalue weighted by Crippen LogP contribution is -2.42. The van der Waals surface area contributed by atoms with E-state index in [0.29, 0.717) is 6.04 Å². The monoisotopic (exact) mass is 232 g/mol. The number of nitrogens with zero attached hydrogens (tertiary/aromatic N) is 1. The van der Waals surface area contributed by atoms with E-state index in [1.165, 1.54) is 24.5 Å². The van der Waals surface area contributed by atoms with E-state index in [9.17, 15) is 4.39 Å². The van der Waals surface area contributed by atoms with Gasteiger partial charge in [0, 0.05) is 12.2 Å². The van der Waals surface area contributed by atoms with Gasteiger partial charge in [0.15, 0.2) is 0 Å². The van der Waals surface area contributed by atoms with Crippen molar-refractivity contribution in [3.8, 4) is 0 Å². The van der Waals surface area contributed by atoms with Gasteiger partial charge in [0.2, 0.25) is 5.95 Å². The highest BCUT2D eigenvalue weighted by Gasteiger charge is 2.28. The standard InChI is InChI=1S/C14H17FN2/c15-14-6-5-12(9-17-14)11-4-3-10-2-1-7-16-13(10)8-11/h4-6,9-10,13,16H,1-3,7-8H2. The molecule has 0 saturated carbocycles. The smallest absolute Gasteiger partial charge is 0.212 e. The number of aromatic nitrogens is 1. The summed E-state index contributed by atoms with van der Waals surface area (Å²) in [6.07, 6.45) is 8.78. The first-order valence-corrected chi connectivity index (χ1v) is 6.37. The highest BCUT2D eigenvalue weighted by Crippen LogP contribution is 2.34. The maximum Gasteiger partial charge on any atom is 0.212 e. The van der Waals surface area contributed by atoms with Gasteiger partial charge in [-0.3, -0.25) is 0 Å². The quantitative estimate of drug-likeness (QED) is 0.753. The van der Waals surface area contributed by atoms with Crippen molar-refractivity contribution in [1.82, 2.24) is 10.3 Å². The Morgan fingerprint density at radius 1 is 1.35 bits per heavy atom. The van der Waals surface area contributed by atoms with Gasteiger partial charge in [-0.25, -0.2) is 4.98 Å². The number of piperidine rings is 1. The summed E-state index contributed by atoms with van der Waals surface area (Å²) in [5.41, 5.74) is 2.38. The SMILES string of the molecule is Fc1ccc(C2=CCC3CCCNC3C2)cn1. The van der Waals surface area contributed by atoms with Crippen LogP contribution in [-0.4, -0.2) is 17.6 Å². The predicted octanol–water partition coefficient (Wildman–Crippen LogP) is 2.77. The molecule has 1 fully saturated rings. The number of nitrogens with one attached hydrogen (secondary N) is 1. The lowest BCUT2D eigenvalue weighted by Gasteiger charge is -2.36. The normalized spacial score (nSPS) is 28.4.